The Balaban J connectivity index is 1.40. The normalized spacial score (nSPS) is 17.4. The highest BCUT2D eigenvalue weighted by Crippen LogP contribution is 2.17. The van der Waals surface area contributed by atoms with Crippen LogP contribution in [0.15, 0.2) is 41.2 Å². The van der Waals surface area contributed by atoms with E-state index in [9.17, 15) is 0 Å². The van der Waals surface area contributed by atoms with Crippen molar-refractivity contribution < 1.29 is 9.26 Å². The third-order valence-corrected chi connectivity index (χ3v) is 3.63. The van der Waals surface area contributed by atoms with Crippen molar-refractivity contribution in [3.8, 4) is 0 Å². The first kappa shape index (κ1) is 13.3. The van der Waals surface area contributed by atoms with Crippen LogP contribution < -0.4 is 0 Å². The number of benzene rings is 1. The van der Waals surface area contributed by atoms with Gasteiger partial charge < -0.3 is 9.26 Å². The molecular weight excluding hydrogens is 254 g/mol. The average molecular weight is 273 g/mol. The molecule has 5 nitrogen and oxygen atoms in total. The Bertz CT molecular complexity index is 493. The van der Waals surface area contributed by atoms with Crippen molar-refractivity contribution in [1.29, 1.82) is 0 Å². The van der Waals surface area contributed by atoms with E-state index < -0.39 is 0 Å². The summed E-state index contributed by atoms with van der Waals surface area (Å²) in [7, 11) is 0. The lowest BCUT2D eigenvalue weighted by molar-refractivity contribution is -0.0136. The van der Waals surface area contributed by atoms with Gasteiger partial charge in [0.2, 0.25) is 0 Å². The van der Waals surface area contributed by atoms with E-state index in [2.05, 4.69) is 45.4 Å². The van der Waals surface area contributed by atoms with E-state index in [1.807, 2.05) is 0 Å². The van der Waals surface area contributed by atoms with Crippen molar-refractivity contribution in [3.05, 3.63) is 48.1 Å². The zero-order valence-electron chi connectivity index (χ0n) is 11.4. The molecular formula is C15H19N3O2. The summed E-state index contributed by atoms with van der Waals surface area (Å²) >= 11 is 0. The van der Waals surface area contributed by atoms with Gasteiger partial charge in [-0.3, -0.25) is 4.90 Å². The van der Waals surface area contributed by atoms with Crippen molar-refractivity contribution >= 4 is 0 Å². The van der Waals surface area contributed by atoms with Gasteiger partial charge in [0.1, 0.15) is 6.61 Å². The number of nitrogens with zero attached hydrogens (tertiary/aromatic N) is 3. The second kappa shape index (κ2) is 6.63. The molecule has 0 radical (unpaired) electrons. The summed E-state index contributed by atoms with van der Waals surface area (Å²) in [6, 6.07) is 10.6. The molecule has 1 aromatic carbocycles. The molecule has 0 bridgehead atoms. The lowest BCUT2D eigenvalue weighted by Gasteiger charge is -2.31. The standard InChI is InChI=1S/C15H19N3O2/c1-2-4-13(5-3-1)10-18-8-6-14(7-9-18)19-11-15-16-12-17-20-15/h1-5,12,14H,6-11H2. The van der Waals surface area contributed by atoms with E-state index in [4.69, 9.17) is 9.26 Å². The van der Waals surface area contributed by atoms with Crippen LogP contribution >= 0.6 is 0 Å². The van der Waals surface area contributed by atoms with Crippen LogP contribution in [-0.2, 0) is 17.9 Å². The topological polar surface area (TPSA) is 51.4 Å². The smallest absolute Gasteiger partial charge is 0.252 e. The third-order valence-electron chi connectivity index (χ3n) is 3.63. The van der Waals surface area contributed by atoms with E-state index in [0.29, 0.717) is 18.6 Å². The van der Waals surface area contributed by atoms with Crippen molar-refractivity contribution in [3.63, 3.8) is 0 Å². The van der Waals surface area contributed by atoms with Gasteiger partial charge in [0.25, 0.3) is 5.89 Å². The van der Waals surface area contributed by atoms with E-state index in [0.717, 1.165) is 32.5 Å². The van der Waals surface area contributed by atoms with Crippen LogP contribution in [0.2, 0.25) is 0 Å². The molecule has 0 unspecified atom stereocenters. The molecule has 2 aromatic rings. The molecule has 0 atom stereocenters. The van der Waals surface area contributed by atoms with Gasteiger partial charge in [-0.15, -0.1) is 0 Å². The number of aromatic nitrogens is 2. The summed E-state index contributed by atoms with van der Waals surface area (Å²) in [5.74, 6) is 0.553. The van der Waals surface area contributed by atoms with Gasteiger partial charge in [-0.05, 0) is 18.4 Å². The summed E-state index contributed by atoms with van der Waals surface area (Å²) < 4.78 is 10.7. The average Bonchev–Trinajstić information content (AvgIpc) is 3.01. The third kappa shape index (κ3) is 3.65. The zero-order valence-corrected chi connectivity index (χ0v) is 11.4. The maximum absolute atomic E-state index is 5.80. The Morgan fingerprint density at radius 1 is 1.20 bits per heavy atom. The minimum Gasteiger partial charge on any atom is -0.368 e. The van der Waals surface area contributed by atoms with E-state index in [1.165, 1.54) is 11.9 Å². The monoisotopic (exact) mass is 273 g/mol. The minimum atomic E-state index is 0.300. The van der Waals surface area contributed by atoms with E-state index >= 15 is 0 Å². The number of hydrogen-bond donors (Lipinski definition) is 0. The Morgan fingerprint density at radius 2 is 2.00 bits per heavy atom. The first-order valence-corrected chi connectivity index (χ1v) is 7.03. The predicted octanol–water partition coefficient (Wildman–Crippen LogP) is 2.25. The maximum atomic E-state index is 5.80. The number of rotatable bonds is 5. The van der Waals surface area contributed by atoms with E-state index in [-0.39, 0.29) is 0 Å². The van der Waals surface area contributed by atoms with Crippen molar-refractivity contribution in [2.24, 2.45) is 0 Å². The Kier molecular flexibility index (Phi) is 4.40. The molecule has 1 aromatic heterocycles. The van der Waals surface area contributed by atoms with Crippen LogP contribution in [0.4, 0.5) is 0 Å². The van der Waals surface area contributed by atoms with Crippen LogP contribution in [0.5, 0.6) is 0 Å². The fourth-order valence-electron chi connectivity index (χ4n) is 2.52. The van der Waals surface area contributed by atoms with E-state index in [1.54, 1.807) is 0 Å². The number of hydrogen-bond acceptors (Lipinski definition) is 5. The van der Waals surface area contributed by atoms with Crippen LogP contribution in [0.3, 0.4) is 0 Å². The first-order valence-electron chi connectivity index (χ1n) is 7.03. The molecule has 0 N–H and O–H groups in total. The van der Waals surface area contributed by atoms with Crippen LogP contribution in [-0.4, -0.2) is 34.2 Å². The predicted molar refractivity (Wildman–Crippen MR) is 73.8 cm³/mol. The van der Waals surface area contributed by atoms with Gasteiger partial charge in [0.05, 0.1) is 6.10 Å². The molecule has 0 amide bonds. The quantitative estimate of drug-likeness (QED) is 0.836. The van der Waals surface area contributed by atoms with Gasteiger partial charge in [-0.1, -0.05) is 35.5 Å². The summed E-state index contributed by atoms with van der Waals surface area (Å²) in [6.45, 7) is 3.59. The van der Waals surface area contributed by atoms with Crippen molar-refractivity contribution in [1.82, 2.24) is 15.0 Å². The highest BCUT2D eigenvalue weighted by atomic mass is 16.5. The fraction of sp³-hybridized carbons (Fsp3) is 0.467. The van der Waals surface area contributed by atoms with Crippen LogP contribution in [0.1, 0.15) is 24.3 Å². The largest absolute Gasteiger partial charge is 0.368 e. The minimum absolute atomic E-state index is 0.300. The summed E-state index contributed by atoms with van der Waals surface area (Å²) in [5, 5.41) is 3.57. The molecule has 5 heteroatoms. The lowest BCUT2D eigenvalue weighted by Crippen LogP contribution is -2.36. The van der Waals surface area contributed by atoms with Gasteiger partial charge in [-0.2, -0.15) is 4.98 Å². The molecule has 106 valence electrons. The Morgan fingerprint density at radius 3 is 2.70 bits per heavy atom. The van der Waals surface area contributed by atoms with Crippen molar-refractivity contribution in [2.45, 2.75) is 32.1 Å². The molecule has 1 aliphatic heterocycles. The fourth-order valence-corrected chi connectivity index (χ4v) is 2.52. The second-order valence-electron chi connectivity index (χ2n) is 5.11. The molecule has 0 saturated carbocycles. The molecule has 1 saturated heterocycles. The molecule has 2 heterocycles. The highest BCUT2D eigenvalue weighted by Gasteiger charge is 2.20. The molecule has 0 aliphatic carbocycles. The highest BCUT2D eigenvalue weighted by molar-refractivity contribution is 5.14. The van der Waals surface area contributed by atoms with Gasteiger partial charge >= 0.3 is 0 Å². The molecule has 1 aliphatic rings. The van der Waals surface area contributed by atoms with Crippen LogP contribution in [0.25, 0.3) is 0 Å². The summed E-state index contributed by atoms with van der Waals surface area (Å²) in [4.78, 5) is 6.43. The van der Waals surface area contributed by atoms with Crippen LogP contribution in [0, 0.1) is 0 Å². The maximum Gasteiger partial charge on any atom is 0.252 e. The number of piperidine rings is 1. The molecule has 20 heavy (non-hydrogen) atoms. The summed E-state index contributed by atoms with van der Waals surface area (Å²) in [5.41, 5.74) is 1.37. The number of ether oxygens (including phenoxy) is 1. The Hall–Kier alpha value is -1.72. The molecule has 1 fully saturated rings. The number of likely N-dealkylation sites (tertiary alicyclic amines) is 1. The zero-order chi connectivity index (χ0) is 13.6. The lowest BCUT2D eigenvalue weighted by atomic mass is 10.1. The van der Waals surface area contributed by atoms with Gasteiger partial charge in [0, 0.05) is 19.6 Å². The molecule has 0 spiro atoms. The molecule has 3 rings (SSSR count). The SMILES string of the molecule is c1ccc(CN2CCC(OCc3ncno3)CC2)cc1. The summed E-state index contributed by atoms with van der Waals surface area (Å²) in [6.07, 6.45) is 3.82. The van der Waals surface area contributed by atoms with Gasteiger partial charge in [0.15, 0.2) is 6.33 Å². The van der Waals surface area contributed by atoms with Crippen molar-refractivity contribution in [2.75, 3.05) is 13.1 Å². The Labute approximate surface area is 118 Å². The van der Waals surface area contributed by atoms with Gasteiger partial charge in [-0.25, -0.2) is 0 Å². The second-order valence-corrected chi connectivity index (χ2v) is 5.11. The first-order chi connectivity index (χ1) is 9.90.